The van der Waals surface area contributed by atoms with Gasteiger partial charge in [-0.3, -0.25) is 14.7 Å². The van der Waals surface area contributed by atoms with Gasteiger partial charge in [-0.15, -0.1) is 0 Å². The van der Waals surface area contributed by atoms with Gasteiger partial charge in [-0.25, -0.2) is 4.39 Å². The summed E-state index contributed by atoms with van der Waals surface area (Å²) in [5, 5.41) is 19.8. The third-order valence-corrected chi connectivity index (χ3v) is 4.89. The van der Waals surface area contributed by atoms with E-state index in [4.69, 9.17) is 0 Å². The Kier molecular flexibility index (Phi) is 3.83. The fourth-order valence-corrected chi connectivity index (χ4v) is 3.61. The first-order valence-electron chi connectivity index (χ1n) is 8.37. The molecule has 0 aromatic heterocycles. The van der Waals surface area contributed by atoms with E-state index in [1.165, 1.54) is 29.2 Å². The summed E-state index contributed by atoms with van der Waals surface area (Å²) in [6.45, 7) is 0.842. The maximum absolute atomic E-state index is 13.5. The van der Waals surface area contributed by atoms with Crippen molar-refractivity contribution in [2.75, 3.05) is 13.1 Å². The molecule has 0 unspecified atom stereocenters. The van der Waals surface area contributed by atoms with Crippen molar-refractivity contribution in [3.05, 3.63) is 77.1 Å². The number of hydrogen-bond donors (Lipinski definition) is 0. The van der Waals surface area contributed by atoms with Crippen LogP contribution in [0.5, 0.6) is 0 Å². The number of fused-ring (bicyclic) bond motifs is 1. The Bertz CT molecular complexity index is 1090. The van der Waals surface area contributed by atoms with E-state index in [9.17, 15) is 19.7 Å². The molecule has 6 heteroatoms. The molecular weight excluding hydrogens is 343 g/mol. The third kappa shape index (κ3) is 2.35. The van der Waals surface area contributed by atoms with Gasteiger partial charge in [0.2, 0.25) is 0 Å². The molecule has 2 aliphatic heterocycles. The van der Waals surface area contributed by atoms with Crippen LogP contribution in [0.15, 0.2) is 59.6 Å². The number of amides is 1. The van der Waals surface area contributed by atoms with Crippen LogP contribution in [0.2, 0.25) is 0 Å². The average molecular weight is 356 g/mol. The zero-order chi connectivity index (χ0) is 19.0. The van der Waals surface area contributed by atoms with Crippen LogP contribution in [-0.4, -0.2) is 29.7 Å². The predicted octanol–water partition coefficient (Wildman–Crippen LogP) is 2.80. The van der Waals surface area contributed by atoms with Gasteiger partial charge in [0.1, 0.15) is 11.7 Å². The second-order valence-corrected chi connectivity index (χ2v) is 6.28. The normalized spacial score (nSPS) is 21.0. The molecule has 2 aromatic carbocycles. The van der Waals surface area contributed by atoms with Gasteiger partial charge in [0.25, 0.3) is 5.91 Å². The van der Waals surface area contributed by atoms with Crippen molar-refractivity contribution >= 4 is 17.3 Å². The summed E-state index contributed by atoms with van der Waals surface area (Å²) in [4.78, 5) is 19.3. The van der Waals surface area contributed by atoms with Crippen molar-refractivity contribution in [3.63, 3.8) is 0 Å². The third-order valence-electron chi connectivity index (χ3n) is 4.89. The maximum Gasteiger partial charge on any atom is 0.257 e. The van der Waals surface area contributed by atoms with Crippen LogP contribution in [0.4, 0.5) is 4.39 Å². The van der Waals surface area contributed by atoms with E-state index < -0.39 is 17.1 Å². The molecule has 0 fully saturated rings. The SMILES string of the molecule is N#Cc1ccccc1[C@]1(C#N)C(=O)N2CCN=C2C=C1c1ccc(F)cc1. The van der Waals surface area contributed by atoms with E-state index in [1.54, 1.807) is 30.3 Å². The molecule has 0 saturated heterocycles. The van der Waals surface area contributed by atoms with E-state index >= 15 is 0 Å². The molecule has 2 heterocycles. The zero-order valence-corrected chi connectivity index (χ0v) is 14.2. The van der Waals surface area contributed by atoms with E-state index in [0.717, 1.165) is 0 Å². The van der Waals surface area contributed by atoms with Crippen molar-refractivity contribution in [3.8, 4) is 12.1 Å². The second kappa shape index (κ2) is 6.19. The number of hydrogen-bond acceptors (Lipinski definition) is 4. The molecule has 27 heavy (non-hydrogen) atoms. The van der Waals surface area contributed by atoms with Crippen LogP contribution in [0.1, 0.15) is 16.7 Å². The summed E-state index contributed by atoms with van der Waals surface area (Å²) >= 11 is 0. The van der Waals surface area contributed by atoms with Crippen LogP contribution in [-0.2, 0) is 10.2 Å². The Labute approximate surface area is 155 Å². The first-order valence-corrected chi connectivity index (χ1v) is 8.37. The van der Waals surface area contributed by atoms with E-state index in [0.29, 0.717) is 35.6 Å². The lowest BCUT2D eigenvalue weighted by Crippen LogP contribution is -2.51. The van der Waals surface area contributed by atoms with Crippen molar-refractivity contribution in [2.45, 2.75) is 5.41 Å². The first-order chi connectivity index (χ1) is 13.1. The number of aliphatic imine (C=N–C) groups is 1. The molecule has 0 aliphatic carbocycles. The van der Waals surface area contributed by atoms with E-state index in [-0.39, 0.29) is 5.56 Å². The van der Waals surface area contributed by atoms with Gasteiger partial charge in [-0.2, -0.15) is 10.5 Å². The zero-order valence-electron chi connectivity index (χ0n) is 14.2. The molecule has 2 aromatic rings. The molecule has 0 saturated carbocycles. The molecule has 5 nitrogen and oxygen atoms in total. The number of carbonyl (C=O) groups is 1. The summed E-state index contributed by atoms with van der Waals surface area (Å²) in [6, 6.07) is 16.4. The standard InChI is InChI=1S/C21H13FN4O/c22-16-7-5-14(6-8-16)18-11-19-25-9-10-26(19)20(27)21(18,13-24)17-4-2-1-3-15(17)12-23/h1-8,11H,9-10H2/t21-/m0/s1. The number of rotatable bonds is 2. The Morgan fingerprint density at radius 1 is 1.11 bits per heavy atom. The smallest absolute Gasteiger partial charge is 0.257 e. The van der Waals surface area contributed by atoms with Crippen molar-refractivity contribution < 1.29 is 9.18 Å². The number of amidine groups is 1. The minimum atomic E-state index is -1.70. The van der Waals surface area contributed by atoms with Crippen LogP contribution in [0, 0.1) is 28.5 Å². The summed E-state index contributed by atoms with van der Waals surface area (Å²) in [5.41, 5.74) is -0.197. The lowest BCUT2D eigenvalue weighted by Gasteiger charge is -2.37. The molecule has 130 valence electrons. The molecule has 2 aliphatic rings. The summed E-state index contributed by atoms with van der Waals surface area (Å²) < 4.78 is 13.4. The molecule has 0 spiro atoms. The fraction of sp³-hybridized carbons (Fsp3) is 0.143. The van der Waals surface area contributed by atoms with Crippen molar-refractivity contribution in [1.82, 2.24) is 4.90 Å². The lowest BCUT2D eigenvalue weighted by molar-refractivity contribution is -0.129. The highest BCUT2D eigenvalue weighted by atomic mass is 19.1. The Hall–Kier alpha value is -3.77. The Morgan fingerprint density at radius 3 is 2.56 bits per heavy atom. The van der Waals surface area contributed by atoms with Crippen LogP contribution < -0.4 is 0 Å². The Morgan fingerprint density at radius 2 is 1.85 bits per heavy atom. The Balaban J connectivity index is 2.05. The molecular formula is C21H13FN4O. The highest BCUT2D eigenvalue weighted by Crippen LogP contribution is 2.44. The highest BCUT2D eigenvalue weighted by Gasteiger charge is 2.52. The minimum Gasteiger partial charge on any atom is -0.293 e. The second-order valence-electron chi connectivity index (χ2n) is 6.28. The fourth-order valence-electron chi connectivity index (χ4n) is 3.61. The molecule has 0 N–H and O–H groups in total. The van der Waals surface area contributed by atoms with Crippen LogP contribution in [0.25, 0.3) is 5.57 Å². The topological polar surface area (TPSA) is 80.2 Å². The number of carbonyl (C=O) groups excluding carboxylic acids is 1. The van der Waals surface area contributed by atoms with Crippen molar-refractivity contribution in [2.24, 2.45) is 4.99 Å². The highest BCUT2D eigenvalue weighted by molar-refractivity contribution is 6.22. The van der Waals surface area contributed by atoms with Gasteiger partial charge >= 0.3 is 0 Å². The lowest BCUT2D eigenvalue weighted by atomic mass is 9.68. The first kappa shape index (κ1) is 16.7. The molecule has 1 atom stereocenters. The van der Waals surface area contributed by atoms with Gasteiger partial charge in [0.05, 0.1) is 24.2 Å². The number of nitrogens with zero attached hydrogens (tertiary/aromatic N) is 4. The van der Waals surface area contributed by atoms with Crippen LogP contribution >= 0.6 is 0 Å². The van der Waals surface area contributed by atoms with Gasteiger partial charge in [-0.05, 0) is 35.4 Å². The molecule has 0 radical (unpaired) electrons. The van der Waals surface area contributed by atoms with Crippen LogP contribution in [0.3, 0.4) is 0 Å². The van der Waals surface area contributed by atoms with Gasteiger partial charge in [0.15, 0.2) is 5.41 Å². The number of nitriles is 2. The minimum absolute atomic E-state index is 0.250. The monoisotopic (exact) mass is 356 g/mol. The van der Waals surface area contributed by atoms with Crippen molar-refractivity contribution in [1.29, 1.82) is 10.5 Å². The van der Waals surface area contributed by atoms with Gasteiger partial charge in [0, 0.05) is 12.1 Å². The molecule has 0 bridgehead atoms. The number of benzene rings is 2. The molecule has 1 amide bonds. The largest absolute Gasteiger partial charge is 0.293 e. The van der Waals surface area contributed by atoms with Gasteiger partial charge in [-0.1, -0.05) is 30.3 Å². The molecule has 4 rings (SSSR count). The van der Waals surface area contributed by atoms with E-state index in [2.05, 4.69) is 17.1 Å². The average Bonchev–Trinajstić information content (AvgIpc) is 3.18. The number of halogens is 1. The summed E-state index contributed by atoms with van der Waals surface area (Å²) in [5.74, 6) is -0.369. The summed E-state index contributed by atoms with van der Waals surface area (Å²) in [7, 11) is 0. The summed E-state index contributed by atoms with van der Waals surface area (Å²) in [6.07, 6.45) is 1.69. The van der Waals surface area contributed by atoms with Gasteiger partial charge < -0.3 is 0 Å². The van der Waals surface area contributed by atoms with E-state index in [1.807, 2.05) is 0 Å². The predicted molar refractivity (Wildman–Crippen MR) is 96.8 cm³/mol. The maximum atomic E-state index is 13.5. The quantitative estimate of drug-likeness (QED) is 0.830.